The van der Waals surface area contributed by atoms with Gasteiger partial charge in [0.15, 0.2) is 5.13 Å². The molecule has 7 heteroatoms. The Hall–Kier alpha value is -2.90. The molecule has 0 aliphatic carbocycles. The highest BCUT2D eigenvalue weighted by molar-refractivity contribution is 7.14. The first-order chi connectivity index (χ1) is 15.1. The van der Waals surface area contributed by atoms with Crippen molar-refractivity contribution in [3.63, 3.8) is 0 Å². The second-order valence-corrected chi connectivity index (χ2v) is 8.27. The lowest BCUT2D eigenvalue weighted by Crippen LogP contribution is -2.37. The van der Waals surface area contributed by atoms with Gasteiger partial charge in [-0.1, -0.05) is 30.3 Å². The van der Waals surface area contributed by atoms with E-state index in [4.69, 9.17) is 19.2 Å². The molecule has 2 heterocycles. The summed E-state index contributed by atoms with van der Waals surface area (Å²) in [5.74, 6) is 1.08. The number of aromatic nitrogens is 1. The molecule has 1 unspecified atom stereocenters. The van der Waals surface area contributed by atoms with E-state index in [1.807, 2.05) is 42.6 Å². The van der Waals surface area contributed by atoms with Gasteiger partial charge in [-0.2, -0.15) is 0 Å². The van der Waals surface area contributed by atoms with E-state index in [0.717, 1.165) is 36.3 Å². The Balaban J connectivity index is 1.70. The van der Waals surface area contributed by atoms with Gasteiger partial charge < -0.3 is 14.2 Å². The summed E-state index contributed by atoms with van der Waals surface area (Å²) in [5, 5.41) is 2.63. The molecule has 1 amide bonds. The van der Waals surface area contributed by atoms with Crippen molar-refractivity contribution >= 4 is 22.4 Å². The van der Waals surface area contributed by atoms with Gasteiger partial charge in [-0.05, 0) is 31.9 Å². The molecular weight excluding hydrogens is 412 g/mol. The maximum atomic E-state index is 13.7. The SMILES string of the molecule is COc1cc(C(=O)N(CC2CCCO2)c2nc(-c3ccccc3)cs2)cc(OC)c1C. The van der Waals surface area contributed by atoms with Crippen LogP contribution in [-0.4, -0.2) is 44.4 Å². The molecule has 1 aromatic heterocycles. The van der Waals surface area contributed by atoms with Gasteiger partial charge in [0, 0.05) is 28.7 Å². The molecule has 0 bridgehead atoms. The maximum Gasteiger partial charge on any atom is 0.260 e. The van der Waals surface area contributed by atoms with Gasteiger partial charge in [0.1, 0.15) is 11.5 Å². The zero-order valence-electron chi connectivity index (χ0n) is 18.0. The second-order valence-electron chi connectivity index (χ2n) is 7.44. The Labute approximate surface area is 186 Å². The van der Waals surface area contributed by atoms with Crippen molar-refractivity contribution in [1.82, 2.24) is 4.98 Å². The number of benzene rings is 2. The average Bonchev–Trinajstić information content (AvgIpc) is 3.50. The summed E-state index contributed by atoms with van der Waals surface area (Å²) in [6.07, 6.45) is 1.94. The molecular formula is C24H26N2O4S. The van der Waals surface area contributed by atoms with E-state index in [2.05, 4.69) is 0 Å². The fourth-order valence-electron chi connectivity index (χ4n) is 3.73. The van der Waals surface area contributed by atoms with Gasteiger partial charge in [0.25, 0.3) is 5.91 Å². The van der Waals surface area contributed by atoms with Crippen LogP contribution >= 0.6 is 11.3 Å². The predicted octanol–water partition coefficient (Wildman–Crippen LogP) is 4.96. The van der Waals surface area contributed by atoms with Crippen LogP contribution in [0.15, 0.2) is 47.8 Å². The van der Waals surface area contributed by atoms with E-state index in [9.17, 15) is 4.79 Å². The maximum absolute atomic E-state index is 13.7. The minimum Gasteiger partial charge on any atom is -0.496 e. The minimum absolute atomic E-state index is 0.00210. The first-order valence-electron chi connectivity index (χ1n) is 10.3. The zero-order valence-corrected chi connectivity index (χ0v) is 18.8. The van der Waals surface area contributed by atoms with Crippen LogP contribution in [0.5, 0.6) is 11.5 Å². The van der Waals surface area contributed by atoms with Crippen LogP contribution < -0.4 is 14.4 Å². The highest BCUT2D eigenvalue weighted by Crippen LogP contribution is 2.33. The van der Waals surface area contributed by atoms with Gasteiger partial charge in [0.2, 0.25) is 0 Å². The minimum atomic E-state index is -0.152. The third-order valence-corrected chi connectivity index (χ3v) is 6.31. The van der Waals surface area contributed by atoms with E-state index in [0.29, 0.717) is 28.7 Å². The van der Waals surface area contributed by atoms with Crippen molar-refractivity contribution in [2.75, 3.05) is 32.3 Å². The molecule has 162 valence electrons. The Morgan fingerprint density at radius 2 is 1.90 bits per heavy atom. The van der Waals surface area contributed by atoms with E-state index in [1.54, 1.807) is 31.3 Å². The molecule has 0 radical (unpaired) electrons. The molecule has 2 aromatic carbocycles. The summed E-state index contributed by atoms with van der Waals surface area (Å²) >= 11 is 1.46. The molecule has 0 N–H and O–H groups in total. The van der Waals surface area contributed by atoms with Crippen LogP contribution in [-0.2, 0) is 4.74 Å². The molecule has 31 heavy (non-hydrogen) atoms. The van der Waals surface area contributed by atoms with Crippen molar-refractivity contribution in [2.45, 2.75) is 25.9 Å². The van der Waals surface area contributed by atoms with Crippen molar-refractivity contribution < 1.29 is 19.0 Å². The fraction of sp³-hybridized carbons (Fsp3) is 0.333. The van der Waals surface area contributed by atoms with E-state index < -0.39 is 0 Å². The molecule has 1 aliphatic heterocycles. The Morgan fingerprint density at radius 1 is 1.19 bits per heavy atom. The van der Waals surface area contributed by atoms with Crippen LogP contribution in [0.25, 0.3) is 11.3 Å². The van der Waals surface area contributed by atoms with Crippen molar-refractivity contribution in [3.05, 3.63) is 59.0 Å². The lowest BCUT2D eigenvalue weighted by Gasteiger charge is -2.24. The number of rotatable bonds is 7. The first kappa shape index (κ1) is 21.3. The van der Waals surface area contributed by atoms with Gasteiger partial charge in [0.05, 0.1) is 32.6 Å². The van der Waals surface area contributed by atoms with Crippen molar-refractivity contribution in [2.24, 2.45) is 0 Å². The number of methoxy groups -OCH3 is 2. The zero-order chi connectivity index (χ0) is 21.8. The largest absolute Gasteiger partial charge is 0.496 e. The Bertz CT molecular complexity index is 1020. The molecule has 1 saturated heterocycles. The topological polar surface area (TPSA) is 60.9 Å². The lowest BCUT2D eigenvalue weighted by molar-refractivity contribution is 0.0917. The predicted molar refractivity (Wildman–Crippen MR) is 122 cm³/mol. The number of hydrogen-bond donors (Lipinski definition) is 0. The fourth-order valence-corrected chi connectivity index (χ4v) is 4.58. The van der Waals surface area contributed by atoms with Crippen LogP contribution in [0.4, 0.5) is 5.13 Å². The summed E-state index contributed by atoms with van der Waals surface area (Å²) < 4.78 is 16.8. The van der Waals surface area contributed by atoms with Crippen LogP contribution in [0.2, 0.25) is 0 Å². The quantitative estimate of drug-likeness (QED) is 0.522. The van der Waals surface area contributed by atoms with E-state index >= 15 is 0 Å². The normalized spacial score (nSPS) is 15.6. The molecule has 1 aliphatic rings. The third kappa shape index (κ3) is 4.57. The highest BCUT2D eigenvalue weighted by atomic mass is 32.1. The molecule has 3 aromatic rings. The van der Waals surface area contributed by atoms with Gasteiger partial charge in [-0.25, -0.2) is 4.98 Å². The number of ether oxygens (including phenoxy) is 3. The number of anilines is 1. The van der Waals surface area contributed by atoms with Crippen LogP contribution in [0.1, 0.15) is 28.8 Å². The summed E-state index contributed by atoms with van der Waals surface area (Å²) in [5.41, 5.74) is 3.22. The molecule has 1 atom stereocenters. The van der Waals surface area contributed by atoms with E-state index in [1.165, 1.54) is 11.3 Å². The summed E-state index contributed by atoms with van der Waals surface area (Å²) in [7, 11) is 3.18. The summed E-state index contributed by atoms with van der Waals surface area (Å²) in [4.78, 5) is 20.1. The monoisotopic (exact) mass is 438 g/mol. The smallest absolute Gasteiger partial charge is 0.260 e. The highest BCUT2D eigenvalue weighted by Gasteiger charge is 2.28. The number of carbonyl (C=O) groups is 1. The summed E-state index contributed by atoms with van der Waals surface area (Å²) in [6, 6.07) is 13.5. The summed E-state index contributed by atoms with van der Waals surface area (Å²) in [6.45, 7) is 3.09. The van der Waals surface area contributed by atoms with Gasteiger partial charge in [-0.3, -0.25) is 9.69 Å². The van der Waals surface area contributed by atoms with Crippen molar-refractivity contribution in [1.29, 1.82) is 0 Å². The molecule has 0 spiro atoms. The molecule has 1 fully saturated rings. The Kier molecular flexibility index (Phi) is 6.53. The Morgan fingerprint density at radius 3 is 2.52 bits per heavy atom. The number of hydrogen-bond acceptors (Lipinski definition) is 6. The number of thiazole rings is 1. The third-order valence-electron chi connectivity index (χ3n) is 5.45. The first-order valence-corrected chi connectivity index (χ1v) is 11.2. The van der Waals surface area contributed by atoms with Gasteiger partial charge >= 0.3 is 0 Å². The molecule has 0 saturated carbocycles. The van der Waals surface area contributed by atoms with Crippen LogP contribution in [0, 0.1) is 6.92 Å². The van der Waals surface area contributed by atoms with Gasteiger partial charge in [-0.15, -0.1) is 11.3 Å². The van der Waals surface area contributed by atoms with E-state index in [-0.39, 0.29) is 12.0 Å². The number of carbonyl (C=O) groups excluding carboxylic acids is 1. The van der Waals surface area contributed by atoms with Crippen LogP contribution in [0.3, 0.4) is 0 Å². The lowest BCUT2D eigenvalue weighted by atomic mass is 10.1. The number of amides is 1. The average molecular weight is 439 g/mol. The number of nitrogens with zero attached hydrogens (tertiary/aromatic N) is 2. The molecule has 6 nitrogen and oxygen atoms in total. The van der Waals surface area contributed by atoms with Crippen molar-refractivity contribution in [3.8, 4) is 22.8 Å². The molecule has 4 rings (SSSR count). The second kappa shape index (κ2) is 9.49. The standard InChI is InChI=1S/C24H26N2O4S/c1-16-21(28-2)12-18(13-22(16)29-3)23(27)26(14-19-10-7-11-30-19)24-25-20(15-31-24)17-8-5-4-6-9-17/h4-6,8-9,12-13,15,19H,7,10-11,14H2,1-3H3.